The smallest absolute Gasteiger partial charge is 0.291 e. The van der Waals surface area contributed by atoms with Crippen LogP contribution in [0.3, 0.4) is 0 Å². The van der Waals surface area contributed by atoms with Gasteiger partial charge in [-0.1, -0.05) is 27.7 Å². The quantitative estimate of drug-likeness (QED) is 0.659. The standard InChI is InChI=1S/C14H20BrN3O2/c1-8-9(18(19)20)6-16-12(11(8)15)17-7-10-13(2,3)14(10,4)5/h6,10H,7H2,1-5H3,(H,16,17). The Morgan fingerprint density at radius 3 is 2.40 bits per heavy atom. The minimum Gasteiger partial charge on any atom is -0.369 e. The summed E-state index contributed by atoms with van der Waals surface area (Å²) in [7, 11) is 0. The van der Waals surface area contributed by atoms with Crippen molar-refractivity contribution in [3.63, 3.8) is 0 Å². The second-order valence-corrected chi connectivity index (χ2v) is 7.36. The van der Waals surface area contributed by atoms with Crippen LogP contribution >= 0.6 is 15.9 Å². The molecule has 0 spiro atoms. The largest absolute Gasteiger partial charge is 0.369 e. The van der Waals surface area contributed by atoms with Gasteiger partial charge in [0, 0.05) is 12.1 Å². The predicted molar refractivity (Wildman–Crippen MR) is 82.9 cm³/mol. The maximum absolute atomic E-state index is 10.9. The lowest BCUT2D eigenvalue weighted by Crippen LogP contribution is -2.10. The van der Waals surface area contributed by atoms with Crippen molar-refractivity contribution in [2.75, 3.05) is 11.9 Å². The molecule has 0 atom stereocenters. The second kappa shape index (κ2) is 4.69. The fourth-order valence-electron chi connectivity index (χ4n) is 2.92. The van der Waals surface area contributed by atoms with Crippen LogP contribution in [-0.2, 0) is 0 Å². The molecule has 1 aromatic heterocycles. The molecule has 0 aromatic carbocycles. The van der Waals surface area contributed by atoms with Crippen LogP contribution in [0.25, 0.3) is 0 Å². The number of anilines is 1. The van der Waals surface area contributed by atoms with E-state index in [4.69, 9.17) is 0 Å². The molecule has 1 aliphatic rings. The fraction of sp³-hybridized carbons (Fsp3) is 0.643. The van der Waals surface area contributed by atoms with Crippen LogP contribution < -0.4 is 5.32 Å². The molecule has 1 N–H and O–H groups in total. The van der Waals surface area contributed by atoms with Gasteiger partial charge in [-0.2, -0.15) is 0 Å². The van der Waals surface area contributed by atoms with Crippen LogP contribution in [0.4, 0.5) is 11.5 Å². The van der Waals surface area contributed by atoms with Gasteiger partial charge in [0.15, 0.2) is 0 Å². The SMILES string of the molecule is Cc1c([N+](=O)[O-])cnc(NCC2C(C)(C)C2(C)C)c1Br. The van der Waals surface area contributed by atoms with Crippen LogP contribution in [0.2, 0.25) is 0 Å². The molecule has 0 amide bonds. The van der Waals surface area contributed by atoms with Gasteiger partial charge >= 0.3 is 0 Å². The average molecular weight is 342 g/mol. The van der Waals surface area contributed by atoms with E-state index in [2.05, 4.69) is 53.9 Å². The number of rotatable bonds is 4. The van der Waals surface area contributed by atoms with Gasteiger partial charge in [-0.05, 0) is 39.6 Å². The monoisotopic (exact) mass is 341 g/mol. The van der Waals surface area contributed by atoms with Gasteiger partial charge in [0.25, 0.3) is 5.69 Å². The Hall–Kier alpha value is -1.17. The summed E-state index contributed by atoms with van der Waals surface area (Å²) in [5.41, 5.74) is 1.25. The first-order valence-corrected chi connectivity index (χ1v) is 7.43. The Kier molecular flexibility index (Phi) is 3.57. The third kappa shape index (κ3) is 2.20. The zero-order valence-corrected chi connectivity index (χ0v) is 14.0. The van der Waals surface area contributed by atoms with Crippen molar-refractivity contribution in [3.8, 4) is 0 Å². The van der Waals surface area contributed by atoms with Gasteiger partial charge in [0.1, 0.15) is 12.0 Å². The lowest BCUT2D eigenvalue weighted by molar-refractivity contribution is -0.385. The summed E-state index contributed by atoms with van der Waals surface area (Å²) in [5.74, 6) is 1.24. The van der Waals surface area contributed by atoms with Crippen LogP contribution in [0.15, 0.2) is 10.7 Å². The van der Waals surface area contributed by atoms with E-state index in [1.165, 1.54) is 6.20 Å². The Labute approximate surface area is 127 Å². The number of hydrogen-bond donors (Lipinski definition) is 1. The molecule has 1 fully saturated rings. The number of nitrogens with zero attached hydrogens (tertiary/aromatic N) is 2. The molecule has 5 nitrogen and oxygen atoms in total. The highest BCUT2D eigenvalue weighted by atomic mass is 79.9. The summed E-state index contributed by atoms with van der Waals surface area (Å²) in [6.45, 7) is 11.6. The first-order chi connectivity index (χ1) is 9.10. The second-order valence-electron chi connectivity index (χ2n) is 6.57. The number of halogens is 1. The molecule has 0 aliphatic heterocycles. The average Bonchev–Trinajstić information content (AvgIpc) is 2.72. The number of nitrogens with one attached hydrogen (secondary N) is 1. The van der Waals surface area contributed by atoms with Gasteiger partial charge < -0.3 is 5.32 Å². The highest BCUT2D eigenvalue weighted by molar-refractivity contribution is 9.10. The zero-order chi connectivity index (χ0) is 15.3. The predicted octanol–water partition coefficient (Wildman–Crippen LogP) is 4.15. The Balaban J connectivity index is 2.13. The number of nitro groups is 1. The van der Waals surface area contributed by atoms with Crippen molar-refractivity contribution in [1.29, 1.82) is 0 Å². The van der Waals surface area contributed by atoms with Crippen LogP contribution in [0.5, 0.6) is 0 Å². The topological polar surface area (TPSA) is 68.1 Å². The Bertz CT molecular complexity index is 556. The van der Waals surface area contributed by atoms with E-state index < -0.39 is 4.92 Å². The molecular formula is C14H20BrN3O2. The number of pyridine rings is 1. The first-order valence-electron chi connectivity index (χ1n) is 6.64. The zero-order valence-electron chi connectivity index (χ0n) is 12.5. The summed E-state index contributed by atoms with van der Waals surface area (Å²) >= 11 is 3.40. The molecule has 1 aromatic rings. The summed E-state index contributed by atoms with van der Waals surface area (Å²) < 4.78 is 0.669. The molecule has 0 unspecified atom stereocenters. The van der Waals surface area contributed by atoms with Crippen LogP contribution in [-0.4, -0.2) is 16.5 Å². The van der Waals surface area contributed by atoms with Gasteiger partial charge in [0.05, 0.1) is 9.40 Å². The molecule has 1 heterocycles. The van der Waals surface area contributed by atoms with Gasteiger partial charge in [0.2, 0.25) is 0 Å². The minimum absolute atomic E-state index is 0.0366. The summed E-state index contributed by atoms with van der Waals surface area (Å²) in [4.78, 5) is 14.6. The van der Waals surface area contributed by atoms with Crippen LogP contribution in [0, 0.1) is 33.8 Å². The van der Waals surface area contributed by atoms with Crippen molar-refractivity contribution in [2.45, 2.75) is 34.6 Å². The summed E-state index contributed by atoms with van der Waals surface area (Å²) in [6, 6.07) is 0. The van der Waals surface area contributed by atoms with Crippen molar-refractivity contribution < 1.29 is 4.92 Å². The highest BCUT2D eigenvalue weighted by Crippen LogP contribution is 2.68. The molecule has 6 heteroatoms. The van der Waals surface area contributed by atoms with Crippen molar-refractivity contribution in [2.24, 2.45) is 16.7 Å². The molecule has 1 aliphatic carbocycles. The normalized spacial score (nSPS) is 19.7. The maximum atomic E-state index is 10.9. The highest BCUT2D eigenvalue weighted by Gasteiger charge is 2.64. The van der Waals surface area contributed by atoms with E-state index in [9.17, 15) is 10.1 Å². The summed E-state index contributed by atoms with van der Waals surface area (Å²) in [5, 5.41) is 14.2. The lowest BCUT2D eigenvalue weighted by atomic mass is 10.0. The molecule has 0 bridgehead atoms. The van der Waals surface area contributed by atoms with Crippen LogP contribution in [0.1, 0.15) is 33.3 Å². The summed E-state index contributed by atoms with van der Waals surface area (Å²) in [6.07, 6.45) is 1.31. The third-order valence-corrected chi connectivity index (χ3v) is 6.20. The molecule has 0 radical (unpaired) electrons. The van der Waals surface area contributed by atoms with Gasteiger partial charge in [-0.25, -0.2) is 4.98 Å². The maximum Gasteiger partial charge on any atom is 0.291 e. The molecular weight excluding hydrogens is 322 g/mol. The van der Waals surface area contributed by atoms with Crippen molar-refractivity contribution in [3.05, 3.63) is 26.3 Å². The number of hydrogen-bond acceptors (Lipinski definition) is 4. The van der Waals surface area contributed by atoms with E-state index in [-0.39, 0.29) is 5.69 Å². The molecule has 20 heavy (non-hydrogen) atoms. The minimum atomic E-state index is -0.413. The van der Waals surface area contributed by atoms with E-state index in [0.29, 0.717) is 32.6 Å². The van der Waals surface area contributed by atoms with E-state index in [0.717, 1.165) is 6.54 Å². The molecule has 1 saturated carbocycles. The van der Waals surface area contributed by atoms with Gasteiger partial charge in [-0.3, -0.25) is 10.1 Å². The molecule has 110 valence electrons. The Morgan fingerprint density at radius 2 is 1.95 bits per heavy atom. The lowest BCUT2D eigenvalue weighted by Gasteiger charge is -2.10. The van der Waals surface area contributed by atoms with E-state index in [1.54, 1.807) is 6.92 Å². The molecule has 2 rings (SSSR count). The van der Waals surface area contributed by atoms with Crippen molar-refractivity contribution >= 4 is 27.4 Å². The van der Waals surface area contributed by atoms with Crippen molar-refractivity contribution in [1.82, 2.24) is 4.98 Å². The fourth-order valence-corrected chi connectivity index (χ4v) is 3.36. The van der Waals surface area contributed by atoms with Gasteiger partial charge in [-0.15, -0.1) is 0 Å². The molecule has 0 saturated heterocycles. The van der Waals surface area contributed by atoms with E-state index in [1.807, 2.05) is 0 Å². The first kappa shape index (κ1) is 15.2. The number of aromatic nitrogens is 1. The third-order valence-electron chi connectivity index (χ3n) is 5.23. The Morgan fingerprint density at radius 1 is 1.40 bits per heavy atom. The van der Waals surface area contributed by atoms with E-state index >= 15 is 0 Å².